The quantitative estimate of drug-likeness (QED) is 0.805. The molecule has 2 atom stereocenters. The Hall–Kier alpha value is -0.940. The fourth-order valence-electron chi connectivity index (χ4n) is 1.42. The average molecular weight is 227 g/mol. The van der Waals surface area contributed by atoms with Gasteiger partial charge in [0.05, 0.1) is 6.04 Å². The molecule has 0 amide bonds. The lowest BCUT2D eigenvalue weighted by atomic mass is 10.0. The van der Waals surface area contributed by atoms with Crippen molar-refractivity contribution in [3.63, 3.8) is 0 Å². The van der Waals surface area contributed by atoms with Crippen LogP contribution < -0.4 is 5.73 Å². The second kappa shape index (κ2) is 5.41. The number of aromatic nitrogens is 2. The molecule has 5 heteroatoms. The van der Waals surface area contributed by atoms with Crippen LogP contribution in [-0.4, -0.2) is 16.7 Å². The van der Waals surface area contributed by atoms with Crippen LogP contribution in [0.25, 0.3) is 0 Å². The first-order valence-electron chi connectivity index (χ1n) is 5.81. The van der Waals surface area contributed by atoms with E-state index in [0.717, 1.165) is 12.8 Å². The Balaban J connectivity index is 2.90. The number of nitrogens with zero attached hydrogens (tertiary/aromatic N) is 2. The first-order valence-corrected chi connectivity index (χ1v) is 5.81. The molecule has 0 aliphatic carbocycles. The van der Waals surface area contributed by atoms with Gasteiger partial charge in [-0.3, -0.25) is 0 Å². The van der Waals surface area contributed by atoms with Gasteiger partial charge in [0, 0.05) is 6.61 Å². The molecule has 0 spiro atoms. The largest absolute Gasteiger partial charge is 0.367 e. The summed E-state index contributed by atoms with van der Waals surface area (Å²) in [5.74, 6) is 1.06. The topological polar surface area (TPSA) is 74.2 Å². The zero-order chi connectivity index (χ0) is 12.2. The van der Waals surface area contributed by atoms with Gasteiger partial charge in [-0.05, 0) is 26.7 Å². The highest BCUT2D eigenvalue weighted by atomic mass is 16.5. The second-order valence-electron chi connectivity index (χ2n) is 3.99. The molecule has 2 N–H and O–H groups in total. The number of rotatable bonds is 6. The average Bonchev–Trinajstić information content (AvgIpc) is 2.78. The summed E-state index contributed by atoms with van der Waals surface area (Å²) < 4.78 is 10.8. The second-order valence-corrected chi connectivity index (χ2v) is 3.99. The van der Waals surface area contributed by atoms with E-state index < -0.39 is 5.60 Å². The van der Waals surface area contributed by atoms with E-state index in [1.165, 1.54) is 0 Å². The molecular formula is C11H21N3O2. The Morgan fingerprint density at radius 3 is 2.62 bits per heavy atom. The predicted molar refractivity (Wildman–Crippen MR) is 60.8 cm³/mol. The summed E-state index contributed by atoms with van der Waals surface area (Å²) in [4.78, 5) is 4.31. The van der Waals surface area contributed by atoms with E-state index in [9.17, 15) is 0 Å². The van der Waals surface area contributed by atoms with Crippen LogP contribution in [0.4, 0.5) is 0 Å². The zero-order valence-corrected chi connectivity index (χ0v) is 10.5. The molecule has 5 nitrogen and oxygen atoms in total. The number of nitrogens with two attached hydrogens (primary N) is 1. The van der Waals surface area contributed by atoms with Crippen LogP contribution in [0.15, 0.2) is 4.52 Å². The van der Waals surface area contributed by atoms with Crippen LogP contribution in [0.2, 0.25) is 0 Å². The summed E-state index contributed by atoms with van der Waals surface area (Å²) in [6.07, 6.45) is 1.57. The Morgan fingerprint density at radius 2 is 2.12 bits per heavy atom. The summed E-state index contributed by atoms with van der Waals surface area (Å²) in [5.41, 5.74) is 5.35. The third-order valence-electron chi connectivity index (χ3n) is 2.81. The van der Waals surface area contributed by atoms with Gasteiger partial charge in [0.2, 0.25) is 11.7 Å². The number of hydrogen-bond acceptors (Lipinski definition) is 5. The third kappa shape index (κ3) is 2.59. The van der Waals surface area contributed by atoms with Crippen LogP contribution in [0, 0.1) is 0 Å². The maximum absolute atomic E-state index is 5.83. The summed E-state index contributed by atoms with van der Waals surface area (Å²) in [7, 11) is 0. The van der Waals surface area contributed by atoms with Crippen LogP contribution in [0.3, 0.4) is 0 Å². The zero-order valence-electron chi connectivity index (χ0n) is 10.5. The van der Waals surface area contributed by atoms with Gasteiger partial charge in [0.25, 0.3) is 0 Å². The van der Waals surface area contributed by atoms with Gasteiger partial charge in [-0.15, -0.1) is 0 Å². The lowest BCUT2D eigenvalue weighted by Gasteiger charge is -2.23. The van der Waals surface area contributed by atoms with E-state index in [0.29, 0.717) is 18.3 Å². The lowest BCUT2D eigenvalue weighted by Crippen LogP contribution is -2.26. The van der Waals surface area contributed by atoms with E-state index in [2.05, 4.69) is 10.1 Å². The standard InChI is InChI=1S/C11H21N3O2/c1-5-8(12)9-13-10(14-16-9)11(4,6-2)15-7-3/h8H,5-7,12H2,1-4H3/t8-,11?/m0/s1. The minimum absolute atomic E-state index is 0.191. The van der Waals surface area contributed by atoms with E-state index in [4.69, 9.17) is 15.0 Å². The maximum atomic E-state index is 5.83. The van der Waals surface area contributed by atoms with E-state index >= 15 is 0 Å². The third-order valence-corrected chi connectivity index (χ3v) is 2.81. The highest BCUT2D eigenvalue weighted by Crippen LogP contribution is 2.27. The molecule has 92 valence electrons. The molecule has 1 aromatic rings. The van der Waals surface area contributed by atoms with Crippen LogP contribution in [0.1, 0.15) is 58.3 Å². The van der Waals surface area contributed by atoms with Crippen molar-refractivity contribution < 1.29 is 9.26 Å². The molecule has 16 heavy (non-hydrogen) atoms. The van der Waals surface area contributed by atoms with Gasteiger partial charge in [-0.1, -0.05) is 19.0 Å². The van der Waals surface area contributed by atoms with Gasteiger partial charge in [0.1, 0.15) is 5.60 Å². The van der Waals surface area contributed by atoms with Crippen molar-refractivity contribution in [3.05, 3.63) is 11.7 Å². The number of ether oxygens (including phenoxy) is 1. The molecule has 0 aromatic carbocycles. The molecule has 1 aromatic heterocycles. The normalized spacial score (nSPS) is 17.1. The molecule has 0 bridgehead atoms. The highest BCUT2D eigenvalue weighted by Gasteiger charge is 2.31. The van der Waals surface area contributed by atoms with Gasteiger partial charge in [0.15, 0.2) is 0 Å². The molecule has 0 fully saturated rings. The lowest BCUT2D eigenvalue weighted by molar-refractivity contribution is -0.0403. The van der Waals surface area contributed by atoms with Gasteiger partial charge < -0.3 is 15.0 Å². The molecular weight excluding hydrogens is 206 g/mol. The Bertz CT molecular complexity index is 327. The summed E-state index contributed by atoms with van der Waals surface area (Å²) in [5, 5.41) is 3.96. The van der Waals surface area contributed by atoms with Crippen molar-refractivity contribution in [2.24, 2.45) is 5.73 Å². The van der Waals surface area contributed by atoms with Crippen molar-refractivity contribution in [1.82, 2.24) is 10.1 Å². The van der Waals surface area contributed by atoms with Crippen molar-refractivity contribution in [2.75, 3.05) is 6.61 Å². The minimum Gasteiger partial charge on any atom is -0.367 e. The Kier molecular flexibility index (Phi) is 4.44. The van der Waals surface area contributed by atoms with E-state index in [1.807, 2.05) is 27.7 Å². The van der Waals surface area contributed by atoms with Gasteiger partial charge in [-0.25, -0.2) is 0 Å². The fraction of sp³-hybridized carbons (Fsp3) is 0.818. The first kappa shape index (κ1) is 13.1. The van der Waals surface area contributed by atoms with Crippen LogP contribution >= 0.6 is 0 Å². The molecule has 1 unspecified atom stereocenters. The van der Waals surface area contributed by atoms with Crippen molar-refractivity contribution in [3.8, 4) is 0 Å². The van der Waals surface area contributed by atoms with Crippen LogP contribution in [0.5, 0.6) is 0 Å². The first-order chi connectivity index (χ1) is 7.57. The smallest absolute Gasteiger partial charge is 0.243 e. The van der Waals surface area contributed by atoms with E-state index in [-0.39, 0.29) is 6.04 Å². The van der Waals surface area contributed by atoms with Crippen LogP contribution in [-0.2, 0) is 10.3 Å². The SMILES string of the molecule is CCOC(C)(CC)c1noc([C@@H](N)CC)n1. The minimum atomic E-state index is -0.482. The maximum Gasteiger partial charge on any atom is 0.243 e. The van der Waals surface area contributed by atoms with E-state index in [1.54, 1.807) is 0 Å². The molecule has 1 heterocycles. The molecule has 0 saturated carbocycles. The highest BCUT2D eigenvalue weighted by molar-refractivity contribution is 5.01. The predicted octanol–water partition coefficient (Wildman–Crippen LogP) is 2.14. The molecule has 0 aliphatic rings. The molecule has 0 saturated heterocycles. The summed E-state index contributed by atoms with van der Waals surface area (Å²) >= 11 is 0. The summed E-state index contributed by atoms with van der Waals surface area (Å²) in [6, 6.07) is -0.191. The van der Waals surface area contributed by atoms with Crippen molar-refractivity contribution >= 4 is 0 Å². The molecule has 0 radical (unpaired) electrons. The van der Waals surface area contributed by atoms with Crippen molar-refractivity contribution in [2.45, 2.75) is 52.2 Å². The van der Waals surface area contributed by atoms with Gasteiger partial charge in [-0.2, -0.15) is 4.98 Å². The Morgan fingerprint density at radius 1 is 1.44 bits per heavy atom. The Labute approximate surface area is 96.4 Å². The monoisotopic (exact) mass is 227 g/mol. The summed E-state index contributed by atoms with van der Waals surface area (Å²) in [6.45, 7) is 8.55. The fourth-order valence-corrected chi connectivity index (χ4v) is 1.42. The number of hydrogen-bond donors (Lipinski definition) is 1. The molecule has 1 rings (SSSR count). The van der Waals surface area contributed by atoms with Gasteiger partial charge >= 0.3 is 0 Å². The van der Waals surface area contributed by atoms with Crippen molar-refractivity contribution in [1.29, 1.82) is 0 Å². The molecule has 0 aliphatic heterocycles.